The molecule has 5 aliphatic rings. The molecule has 4 aliphatic heterocycles. The molecule has 1 aromatic carbocycles. The summed E-state index contributed by atoms with van der Waals surface area (Å²) in [4.78, 5) is 18.4. The molecule has 1 amide bonds. The van der Waals surface area contributed by atoms with Crippen LogP contribution in [0.2, 0.25) is 0 Å². The van der Waals surface area contributed by atoms with E-state index in [0.717, 1.165) is 36.0 Å². The van der Waals surface area contributed by atoms with Crippen LogP contribution in [0.4, 0.5) is 0 Å². The van der Waals surface area contributed by atoms with E-state index >= 15 is 0 Å². The van der Waals surface area contributed by atoms with Gasteiger partial charge in [0, 0.05) is 53.6 Å². The van der Waals surface area contributed by atoms with E-state index in [1.807, 2.05) is 0 Å². The predicted molar refractivity (Wildman–Crippen MR) is 113 cm³/mol. The molecule has 4 fully saturated rings. The Bertz CT molecular complexity index is 980. The average molecular weight is 394 g/mol. The van der Waals surface area contributed by atoms with Crippen molar-refractivity contribution in [1.29, 1.82) is 0 Å². The minimum Gasteiger partial charge on any atom is -0.496 e. The number of aromatic nitrogens is 1. The number of piperidine rings is 2. The lowest BCUT2D eigenvalue weighted by Gasteiger charge is -2.53. The maximum Gasteiger partial charge on any atom is 0.220 e. The van der Waals surface area contributed by atoms with Crippen LogP contribution in [0.15, 0.2) is 12.1 Å². The van der Waals surface area contributed by atoms with Crippen LogP contribution in [0, 0.1) is 11.8 Å². The maximum absolute atomic E-state index is 11.8. The van der Waals surface area contributed by atoms with Gasteiger partial charge in [0.25, 0.3) is 0 Å². The molecule has 7 rings (SSSR count). The van der Waals surface area contributed by atoms with Gasteiger partial charge in [0.15, 0.2) is 0 Å². The summed E-state index contributed by atoms with van der Waals surface area (Å²) in [7, 11) is 1.75. The fourth-order valence-electron chi connectivity index (χ4n) is 7.04. The highest BCUT2D eigenvalue weighted by Gasteiger charge is 2.48. The van der Waals surface area contributed by atoms with Crippen molar-refractivity contribution in [3.8, 4) is 5.75 Å². The van der Waals surface area contributed by atoms with Crippen molar-refractivity contribution in [3.05, 3.63) is 29.0 Å². The lowest BCUT2D eigenvalue weighted by atomic mass is 9.65. The number of aromatic amines is 1. The first-order valence-electron chi connectivity index (χ1n) is 11.4. The van der Waals surface area contributed by atoms with Crippen LogP contribution in [-0.2, 0) is 11.2 Å². The Labute approximate surface area is 172 Å². The number of hydrogen-bond donors (Lipinski definition) is 2. The van der Waals surface area contributed by atoms with E-state index in [1.54, 1.807) is 7.11 Å². The van der Waals surface area contributed by atoms with Crippen molar-refractivity contribution < 1.29 is 9.53 Å². The Balaban J connectivity index is 1.47. The zero-order valence-corrected chi connectivity index (χ0v) is 17.5. The average Bonchev–Trinajstić information content (AvgIpc) is 3.31. The van der Waals surface area contributed by atoms with Crippen LogP contribution in [0.3, 0.4) is 0 Å². The molecule has 1 aliphatic carbocycles. The van der Waals surface area contributed by atoms with Gasteiger partial charge >= 0.3 is 0 Å². The molecule has 6 atom stereocenters. The van der Waals surface area contributed by atoms with Crippen molar-refractivity contribution in [3.63, 3.8) is 0 Å². The van der Waals surface area contributed by atoms with E-state index < -0.39 is 0 Å². The molecule has 2 unspecified atom stereocenters. The Morgan fingerprint density at radius 2 is 2.14 bits per heavy atom. The number of benzene rings is 1. The standard InChI is InChI=1S/C24H31N3O2/c1-3-14-8-13-9-18-23-15(6-7-27(12-13)24(14)18)16-11-21(29-2)17(10-20(16)26-23)19-4-5-22(28)25-19/h10-11,13-14,18-19,24,26H,3-9,12H2,1-2H3,(H,25,28)/t13-,14+,18+,19?,24+/m1/s1. The molecule has 154 valence electrons. The first-order valence-corrected chi connectivity index (χ1v) is 11.4. The SMILES string of the molecule is CC[C@H]1C[C@@H]2C[C@H]3c4[nH]c5cc(C6CCC(=O)N6)c(OC)cc5c4CCN(C2)[C@@H]13. The third-order valence-corrected chi connectivity index (χ3v) is 8.24. The first-order chi connectivity index (χ1) is 14.2. The van der Waals surface area contributed by atoms with Gasteiger partial charge in [0.2, 0.25) is 5.91 Å². The number of H-pyrrole nitrogens is 1. The summed E-state index contributed by atoms with van der Waals surface area (Å²) in [6.45, 7) is 4.85. The zero-order chi connectivity index (χ0) is 19.7. The van der Waals surface area contributed by atoms with Gasteiger partial charge in [0.1, 0.15) is 5.75 Å². The molecule has 5 heteroatoms. The quantitative estimate of drug-likeness (QED) is 0.832. The Hall–Kier alpha value is -2.01. The minimum atomic E-state index is 0.0654. The van der Waals surface area contributed by atoms with E-state index in [1.165, 1.54) is 54.5 Å². The van der Waals surface area contributed by atoms with Crippen LogP contribution in [0.5, 0.6) is 5.75 Å². The third-order valence-electron chi connectivity index (χ3n) is 8.24. The van der Waals surface area contributed by atoms with E-state index in [2.05, 4.69) is 34.3 Å². The highest BCUT2D eigenvalue weighted by molar-refractivity contribution is 5.88. The van der Waals surface area contributed by atoms with Crippen LogP contribution < -0.4 is 10.1 Å². The third kappa shape index (κ3) is 2.59. The number of amides is 1. The first kappa shape index (κ1) is 17.8. The topological polar surface area (TPSA) is 57.4 Å². The number of carbonyl (C=O) groups is 1. The fourth-order valence-corrected chi connectivity index (χ4v) is 7.04. The Morgan fingerprint density at radius 1 is 1.24 bits per heavy atom. The number of ether oxygens (including phenoxy) is 1. The number of carbonyl (C=O) groups excluding carboxylic acids is 1. The summed E-state index contributed by atoms with van der Waals surface area (Å²) in [5.41, 5.74) is 5.33. The molecule has 29 heavy (non-hydrogen) atoms. The number of fused-ring (bicyclic) bond motifs is 4. The lowest BCUT2D eigenvalue weighted by molar-refractivity contribution is -0.119. The van der Waals surface area contributed by atoms with Gasteiger partial charge in [-0.25, -0.2) is 0 Å². The van der Waals surface area contributed by atoms with Crippen molar-refractivity contribution >= 4 is 16.8 Å². The van der Waals surface area contributed by atoms with Crippen molar-refractivity contribution in [2.24, 2.45) is 11.8 Å². The number of hydrogen-bond acceptors (Lipinski definition) is 3. The molecule has 5 nitrogen and oxygen atoms in total. The maximum atomic E-state index is 11.8. The van der Waals surface area contributed by atoms with Gasteiger partial charge in [-0.3, -0.25) is 9.69 Å². The summed E-state index contributed by atoms with van der Waals surface area (Å²) in [5, 5.41) is 4.43. The largest absolute Gasteiger partial charge is 0.496 e. The summed E-state index contributed by atoms with van der Waals surface area (Å²) < 4.78 is 5.79. The summed E-state index contributed by atoms with van der Waals surface area (Å²) in [5.74, 6) is 3.38. The number of rotatable bonds is 3. The van der Waals surface area contributed by atoms with E-state index in [4.69, 9.17) is 4.74 Å². The van der Waals surface area contributed by atoms with Gasteiger partial charge in [-0.1, -0.05) is 13.3 Å². The summed E-state index contributed by atoms with van der Waals surface area (Å²) >= 11 is 0. The van der Waals surface area contributed by atoms with Crippen LogP contribution in [-0.4, -0.2) is 42.0 Å². The number of methoxy groups -OCH3 is 1. The molecule has 2 N–H and O–H groups in total. The molecular formula is C24H31N3O2. The Morgan fingerprint density at radius 3 is 2.90 bits per heavy atom. The van der Waals surface area contributed by atoms with Crippen molar-refractivity contribution in [2.75, 3.05) is 20.2 Å². The van der Waals surface area contributed by atoms with Gasteiger partial charge in [-0.2, -0.15) is 0 Å². The molecule has 4 bridgehead atoms. The lowest BCUT2D eigenvalue weighted by Crippen LogP contribution is -2.56. The molecule has 1 saturated carbocycles. The highest BCUT2D eigenvalue weighted by Crippen LogP contribution is 2.51. The van der Waals surface area contributed by atoms with Crippen LogP contribution in [0.1, 0.15) is 67.8 Å². The van der Waals surface area contributed by atoms with Gasteiger partial charge in [-0.05, 0) is 55.2 Å². The molecule has 5 heterocycles. The minimum absolute atomic E-state index is 0.0654. The summed E-state index contributed by atoms with van der Waals surface area (Å²) in [6, 6.07) is 5.24. The molecule has 2 aromatic rings. The smallest absolute Gasteiger partial charge is 0.220 e. The summed E-state index contributed by atoms with van der Waals surface area (Å²) in [6.07, 6.45) is 6.62. The zero-order valence-electron chi connectivity index (χ0n) is 17.5. The Kier molecular flexibility index (Phi) is 3.99. The molecule has 0 radical (unpaired) electrons. The molecule has 1 aromatic heterocycles. The fraction of sp³-hybridized carbons (Fsp3) is 0.625. The van der Waals surface area contributed by atoms with Crippen molar-refractivity contribution in [2.45, 2.75) is 63.5 Å². The predicted octanol–water partition coefficient (Wildman–Crippen LogP) is 3.89. The van der Waals surface area contributed by atoms with Crippen molar-refractivity contribution in [1.82, 2.24) is 15.2 Å². The number of nitrogens with zero attached hydrogens (tertiary/aromatic N) is 1. The van der Waals surface area contributed by atoms with E-state index in [-0.39, 0.29) is 11.9 Å². The molecule has 3 saturated heterocycles. The second-order valence-electron chi connectivity index (χ2n) is 9.66. The molecular weight excluding hydrogens is 362 g/mol. The van der Waals surface area contributed by atoms with Gasteiger partial charge in [0.05, 0.1) is 13.2 Å². The van der Waals surface area contributed by atoms with Gasteiger partial charge < -0.3 is 15.0 Å². The van der Waals surface area contributed by atoms with E-state index in [0.29, 0.717) is 18.4 Å². The molecule has 0 spiro atoms. The second-order valence-corrected chi connectivity index (χ2v) is 9.66. The highest BCUT2D eigenvalue weighted by atomic mass is 16.5. The number of nitrogens with one attached hydrogen (secondary N) is 2. The van der Waals surface area contributed by atoms with E-state index in [9.17, 15) is 4.79 Å². The monoisotopic (exact) mass is 393 g/mol. The second kappa shape index (κ2) is 6.49. The van der Waals surface area contributed by atoms with Crippen LogP contribution >= 0.6 is 0 Å². The normalized spacial score (nSPS) is 35.4. The van der Waals surface area contributed by atoms with Crippen LogP contribution in [0.25, 0.3) is 10.9 Å². The van der Waals surface area contributed by atoms with Gasteiger partial charge in [-0.15, -0.1) is 0 Å².